The van der Waals surface area contributed by atoms with E-state index < -0.39 is 106 Å². The van der Waals surface area contributed by atoms with E-state index in [0.717, 1.165) is 6.04 Å². The van der Waals surface area contributed by atoms with Crippen LogP contribution in [0.15, 0.2) is 60.8 Å². The molecule has 1 aliphatic heterocycles. The summed E-state index contributed by atoms with van der Waals surface area (Å²) in [6.45, 7) is 39.6. The van der Waals surface area contributed by atoms with Crippen LogP contribution in [0.2, 0.25) is 51.4 Å². The highest BCUT2D eigenvalue weighted by Gasteiger charge is 2.54. The van der Waals surface area contributed by atoms with Crippen LogP contribution in [-0.2, 0) is 66.5 Å². The molecular weight excluding hydrogens is 1180 g/mol. The highest BCUT2D eigenvalue weighted by molar-refractivity contribution is 6.76. The van der Waals surface area contributed by atoms with Crippen LogP contribution in [0.4, 0.5) is 10.5 Å². The number of hydrogen-bond donors (Lipinski definition) is 1. The third kappa shape index (κ3) is 22.5. The maximum Gasteiger partial charge on any atom is 0.411 e. The van der Waals surface area contributed by atoms with E-state index in [-0.39, 0.29) is 96.7 Å². The molecule has 1 amide bonds. The van der Waals surface area contributed by atoms with Crippen molar-refractivity contribution in [1.29, 1.82) is 0 Å². The van der Waals surface area contributed by atoms with Gasteiger partial charge in [-0.2, -0.15) is 0 Å². The number of rotatable bonds is 36. The minimum atomic E-state index is -1.61. The topological polar surface area (TPSA) is 244 Å². The molecule has 23 heteroatoms. The summed E-state index contributed by atoms with van der Waals surface area (Å²) in [5.41, 5.74) is 1.21. The number of Topliss-reactive ketones (excluding diaryl/α,β-unsaturated/α-hetero) is 1. The number of carbonyl (C=O) groups excluding carboxylic acids is 6. The number of hydrogen-bond acceptors (Lipinski definition) is 20. The first kappa shape index (κ1) is 76.9. The number of esters is 4. The fourth-order valence-electron chi connectivity index (χ4n) is 10.4. The van der Waals surface area contributed by atoms with Crippen LogP contribution in [0, 0.1) is 43.4 Å². The maximum absolute atomic E-state index is 15.9. The summed E-state index contributed by atoms with van der Waals surface area (Å²) in [6, 6.07) is 1.54. The third-order valence-corrected chi connectivity index (χ3v) is 18.2. The summed E-state index contributed by atoms with van der Waals surface area (Å²) in [4.78, 5) is 84.1. The number of benzene rings is 2. The highest BCUT2D eigenvalue weighted by Crippen LogP contribution is 2.54. The Morgan fingerprint density at radius 1 is 0.652 bits per heavy atom. The molecule has 498 valence electrons. The number of fused-ring (bicyclic) bond motifs is 1. The zero-order valence-corrected chi connectivity index (χ0v) is 58.6. The lowest BCUT2D eigenvalue weighted by Crippen LogP contribution is -2.59. The van der Waals surface area contributed by atoms with Gasteiger partial charge in [-0.25, -0.2) is 9.59 Å². The summed E-state index contributed by atoms with van der Waals surface area (Å²) >= 11 is 0. The van der Waals surface area contributed by atoms with Crippen molar-refractivity contribution in [1.82, 2.24) is 0 Å². The van der Waals surface area contributed by atoms with Gasteiger partial charge in [0.1, 0.15) is 48.6 Å². The van der Waals surface area contributed by atoms with Gasteiger partial charge in [-0.05, 0) is 59.2 Å². The van der Waals surface area contributed by atoms with Gasteiger partial charge in [0.25, 0.3) is 0 Å². The Morgan fingerprint density at radius 3 is 1.71 bits per heavy atom. The third-order valence-electron chi connectivity index (χ3n) is 14.8. The number of methoxy groups -OCH3 is 3. The van der Waals surface area contributed by atoms with Crippen molar-refractivity contribution in [2.45, 2.75) is 165 Å². The van der Waals surface area contributed by atoms with Crippen LogP contribution >= 0.6 is 0 Å². The van der Waals surface area contributed by atoms with E-state index in [1.165, 1.54) is 47.3 Å². The lowest BCUT2D eigenvalue weighted by molar-refractivity contribution is -0.336. The van der Waals surface area contributed by atoms with Crippen molar-refractivity contribution in [3.05, 3.63) is 77.5 Å². The van der Waals surface area contributed by atoms with Crippen molar-refractivity contribution in [3.8, 4) is 23.0 Å². The van der Waals surface area contributed by atoms with E-state index in [1.54, 1.807) is 73.6 Å². The number of ether oxygens (including phenoxy) is 14. The fraction of sp³-hybridized carbons (Fsp3) is 0.606. The largest absolute Gasteiger partial charge is 0.488 e. The Hall–Kier alpha value is -6.35. The number of anilines is 1. The zero-order valence-electron chi connectivity index (χ0n) is 56.6. The summed E-state index contributed by atoms with van der Waals surface area (Å²) in [5, 5.41) is 3.16. The number of amides is 1. The first-order valence-electron chi connectivity index (χ1n) is 30.0. The molecule has 0 spiro atoms. The van der Waals surface area contributed by atoms with Crippen molar-refractivity contribution >= 4 is 68.4 Å². The molecule has 1 N–H and O–H groups in total. The Labute approximate surface area is 529 Å². The van der Waals surface area contributed by atoms with Gasteiger partial charge >= 0.3 is 30.0 Å². The zero-order chi connectivity index (χ0) is 67.3. The predicted molar refractivity (Wildman–Crippen MR) is 346 cm³/mol. The Balaban J connectivity index is 2.40. The monoisotopic (exact) mass is 1280 g/mol. The van der Waals surface area contributed by atoms with Gasteiger partial charge in [-0.3, -0.25) is 24.5 Å². The molecule has 9 atom stereocenters. The van der Waals surface area contributed by atoms with E-state index in [9.17, 15) is 24.0 Å². The van der Waals surface area contributed by atoms with Gasteiger partial charge in [0.15, 0.2) is 37.7 Å². The minimum absolute atomic E-state index is 0.0285. The maximum atomic E-state index is 15.9. The van der Waals surface area contributed by atoms with Gasteiger partial charge in [-0.15, -0.1) is 0 Å². The summed E-state index contributed by atoms with van der Waals surface area (Å²) < 4.78 is 84.5. The van der Waals surface area contributed by atoms with Gasteiger partial charge in [0.2, 0.25) is 0 Å². The molecule has 1 saturated heterocycles. The van der Waals surface area contributed by atoms with Gasteiger partial charge in [-0.1, -0.05) is 117 Å². The molecule has 0 aliphatic carbocycles. The first-order chi connectivity index (χ1) is 41.6. The minimum Gasteiger partial charge on any atom is -0.488 e. The summed E-state index contributed by atoms with van der Waals surface area (Å²) in [7, 11) is 1.23. The average Bonchev–Trinajstić information content (AvgIpc) is 0.743. The number of allylic oxidation sites excluding steroid dienone is 3. The van der Waals surface area contributed by atoms with Crippen molar-refractivity contribution < 1.29 is 95.1 Å². The Kier molecular flexibility index (Phi) is 30.5. The second kappa shape index (κ2) is 35.3. The van der Waals surface area contributed by atoms with E-state index >= 15 is 4.79 Å². The standard InChI is InChI=1S/C66H101NO20Si2/c1-24-29-77-59-46(10)58(82-37-75-16)50(49-51(59)62(83-38-76-17)53(43(7)57(49)81-36-74-15)67-65(73)80-32-34-89(21,22)23)54(70)41(5)35-42(6)55(84-47(11)68)44(8)60(85-48(12)69)52(64(72)78-30-25-2)61-45(9)56(86-66(13,14)87-61)39(3)27-26-28-40(4)63(71)79-31-33-88(18,19)20/h24-28,35,39,42,44-45,52,55-56,60-61H,1-2,29-34,36-38H2,3-23H3,(H,67,73)/b27-26+,40-28+,41-35+/t39-,42+,44-,45-,52+,55+,56-,60-,61-/m1/s1. The molecule has 1 fully saturated rings. The lowest BCUT2D eigenvalue weighted by Gasteiger charge is -2.50. The van der Waals surface area contributed by atoms with Gasteiger partial charge in [0.05, 0.1) is 42.1 Å². The Bertz CT molecular complexity index is 2880. The van der Waals surface area contributed by atoms with Crippen LogP contribution in [0.5, 0.6) is 23.0 Å². The molecule has 0 aromatic heterocycles. The highest BCUT2D eigenvalue weighted by atomic mass is 28.3. The second-order valence-electron chi connectivity index (χ2n) is 25.3. The quantitative estimate of drug-likeness (QED) is 0.00974. The van der Waals surface area contributed by atoms with Crippen LogP contribution in [0.1, 0.15) is 90.7 Å². The first-order valence-corrected chi connectivity index (χ1v) is 37.5. The normalized spacial score (nSPS) is 18.3. The van der Waals surface area contributed by atoms with Gasteiger partial charge < -0.3 is 66.3 Å². The van der Waals surface area contributed by atoms with E-state index in [2.05, 4.69) is 57.8 Å². The van der Waals surface area contributed by atoms with E-state index in [4.69, 9.17) is 66.3 Å². The second-order valence-corrected chi connectivity index (χ2v) is 36.6. The molecule has 1 heterocycles. The van der Waals surface area contributed by atoms with Crippen molar-refractivity contribution in [2.24, 2.45) is 29.6 Å². The molecule has 89 heavy (non-hydrogen) atoms. The van der Waals surface area contributed by atoms with Crippen LogP contribution < -0.4 is 24.3 Å². The van der Waals surface area contributed by atoms with Crippen LogP contribution in [0.3, 0.4) is 0 Å². The van der Waals surface area contributed by atoms with Crippen LogP contribution in [0.25, 0.3) is 10.8 Å². The number of nitrogens with one attached hydrogen (secondary N) is 1. The van der Waals surface area contributed by atoms with Crippen LogP contribution in [-0.4, -0.2) is 150 Å². The lowest BCUT2D eigenvalue weighted by atomic mass is 9.75. The summed E-state index contributed by atoms with van der Waals surface area (Å²) in [5.74, 6) is -8.50. The molecule has 2 aromatic rings. The summed E-state index contributed by atoms with van der Waals surface area (Å²) in [6.07, 6.45) is 4.82. The fourth-order valence-corrected chi connectivity index (χ4v) is 11.8. The molecule has 3 rings (SSSR count). The van der Waals surface area contributed by atoms with Crippen molar-refractivity contribution in [3.63, 3.8) is 0 Å². The van der Waals surface area contributed by atoms with E-state index in [0.29, 0.717) is 29.4 Å². The smallest absolute Gasteiger partial charge is 0.411 e. The molecular formula is C66H101NO20Si2. The molecule has 2 aromatic carbocycles. The average molecular weight is 1280 g/mol. The molecule has 0 unspecified atom stereocenters. The van der Waals surface area contributed by atoms with Crippen molar-refractivity contribution in [2.75, 3.05) is 73.5 Å². The number of ketones is 1. The van der Waals surface area contributed by atoms with Gasteiger partial charge in [0, 0.05) is 97.1 Å². The molecule has 21 nitrogen and oxygen atoms in total. The SMILES string of the molecule is C=CCOC(=O)[C@@H]([C@H](OC(C)=O)[C@H](C)[C@@H](OC(C)=O)[C@@H](C)/C=C(\C)C(=O)c1c(OCOC)c(C)c(OCC=C)c2c(OCOC)c(NC(=O)OCC[Si](C)(C)C)c(C)c(OCOC)c12)[C@@H]1OC(C)(C)O[C@H]([C@H](C)/C=C/C=C(\C)C(=O)OCC[Si](C)(C)C)[C@H]1C. The molecule has 0 radical (unpaired) electrons. The van der Waals surface area contributed by atoms with E-state index in [1.807, 2.05) is 19.9 Å². The molecule has 1 aliphatic rings. The molecule has 0 saturated carbocycles. The Morgan fingerprint density at radius 2 is 1.17 bits per heavy atom. The molecule has 0 bridgehead atoms. The number of carbonyl (C=O) groups is 6. The predicted octanol–water partition coefficient (Wildman–Crippen LogP) is 12.6.